The molecule has 1 heterocycles. The van der Waals surface area contributed by atoms with Gasteiger partial charge in [-0.3, -0.25) is 9.82 Å². The monoisotopic (exact) mass is 294 g/mol. The van der Waals surface area contributed by atoms with Gasteiger partial charge in [0.1, 0.15) is 4.90 Å². The van der Waals surface area contributed by atoms with Crippen molar-refractivity contribution in [1.82, 2.24) is 15.5 Å². The molecule has 1 atom stereocenters. The lowest BCUT2D eigenvalue weighted by molar-refractivity contribution is 0.600. The van der Waals surface area contributed by atoms with E-state index in [0.717, 1.165) is 5.56 Å². The standard InChI is InChI=1S/C13H18N4O2S/c1-9(14-3)11-5-4-6-12(7-11)17-20(18,19)13-8-15-16-10(13)2/h4-9,14,17H,1-3H3,(H,15,16). The molecule has 1 aromatic heterocycles. The highest BCUT2D eigenvalue weighted by Gasteiger charge is 2.18. The highest BCUT2D eigenvalue weighted by molar-refractivity contribution is 7.92. The van der Waals surface area contributed by atoms with Gasteiger partial charge in [0.05, 0.1) is 11.9 Å². The third-order valence-electron chi connectivity index (χ3n) is 3.15. The quantitative estimate of drug-likeness (QED) is 0.784. The molecule has 1 unspecified atom stereocenters. The molecule has 0 bridgehead atoms. The third-order valence-corrected chi connectivity index (χ3v) is 4.64. The van der Waals surface area contributed by atoms with E-state index in [-0.39, 0.29) is 10.9 Å². The predicted molar refractivity (Wildman–Crippen MR) is 78.0 cm³/mol. The number of aromatic amines is 1. The zero-order valence-corrected chi connectivity index (χ0v) is 12.5. The van der Waals surface area contributed by atoms with Crippen molar-refractivity contribution in [3.8, 4) is 0 Å². The van der Waals surface area contributed by atoms with E-state index in [4.69, 9.17) is 0 Å². The Balaban J connectivity index is 2.28. The molecular formula is C13H18N4O2S. The first kappa shape index (κ1) is 14.5. The van der Waals surface area contributed by atoms with Crippen molar-refractivity contribution >= 4 is 15.7 Å². The molecular weight excluding hydrogens is 276 g/mol. The van der Waals surface area contributed by atoms with Crippen LogP contribution in [0.25, 0.3) is 0 Å². The van der Waals surface area contributed by atoms with Gasteiger partial charge in [-0.25, -0.2) is 8.42 Å². The number of aromatic nitrogens is 2. The van der Waals surface area contributed by atoms with Crippen LogP contribution in [0.3, 0.4) is 0 Å². The first-order valence-electron chi connectivity index (χ1n) is 6.24. The fourth-order valence-corrected chi connectivity index (χ4v) is 3.05. The largest absolute Gasteiger partial charge is 0.313 e. The molecule has 0 saturated heterocycles. The van der Waals surface area contributed by atoms with Crippen LogP contribution in [0.5, 0.6) is 0 Å². The Kier molecular flexibility index (Phi) is 4.10. The number of anilines is 1. The second-order valence-electron chi connectivity index (χ2n) is 4.60. The van der Waals surface area contributed by atoms with Crippen LogP contribution in [0.1, 0.15) is 24.2 Å². The molecule has 108 valence electrons. The number of nitrogens with zero attached hydrogens (tertiary/aromatic N) is 1. The van der Waals surface area contributed by atoms with Crippen molar-refractivity contribution in [2.45, 2.75) is 24.8 Å². The molecule has 0 spiro atoms. The molecule has 0 aliphatic carbocycles. The number of nitrogens with one attached hydrogen (secondary N) is 3. The van der Waals surface area contributed by atoms with Gasteiger partial charge in [0.15, 0.2) is 0 Å². The van der Waals surface area contributed by atoms with Gasteiger partial charge < -0.3 is 5.32 Å². The molecule has 7 heteroatoms. The van der Waals surface area contributed by atoms with E-state index in [0.29, 0.717) is 11.4 Å². The van der Waals surface area contributed by atoms with Gasteiger partial charge in [-0.1, -0.05) is 12.1 Å². The number of H-pyrrole nitrogens is 1. The van der Waals surface area contributed by atoms with Gasteiger partial charge in [0.25, 0.3) is 10.0 Å². The Hall–Kier alpha value is -1.86. The summed E-state index contributed by atoms with van der Waals surface area (Å²) in [5.74, 6) is 0. The maximum absolute atomic E-state index is 12.2. The van der Waals surface area contributed by atoms with Gasteiger partial charge in [0, 0.05) is 11.7 Å². The molecule has 3 N–H and O–H groups in total. The van der Waals surface area contributed by atoms with Gasteiger partial charge in [0.2, 0.25) is 0 Å². The molecule has 0 amide bonds. The fourth-order valence-electron chi connectivity index (χ4n) is 1.86. The molecule has 0 aliphatic heterocycles. The number of hydrogen-bond donors (Lipinski definition) is 3. The lowest BCUT2D eigenvalue weighted by atomic mass is 10.1. The van der Waals surface area contributed by atoms with Crippen LogP contribution in [0, 0.1) is 6.92 Å². The highest BCUT2D eigenvalue weighted by atomic mass is 32.2. The molecule has 20 heavy (non-hydrogen) atoms. The number of benzene rings is 1. The molecule has 0 aliphatic rings. The van der Waals surface area contributed by atoms with Gasteiger partial charge in [-0.05, 0) is 38.6 Å². The van der Waals surface area contributed by atoms with E-state index in [1.807, 2.05) is 32.2 Å². The SMILES string of the molecule is CNC(C)c1cccc(NS(=O)(=O)c2cn[nH]c2C)c1. The minimum Gasteiger partial charge on any atom is -0.313 e. The molecule has 0 radical (unpaired) electrons. The smallest absolute Gasteiger partial charge is 0.265 e. The van der Waals surface area contributed by atoms with E-state index in [9.17, 15) is 8.42 Å². The van der Waals surface area contributed by atoms with E-state index < -0.39 is 10.0 Å². The van der Waals surface area contributed by atoms with Gasteiger partial charge in [-0.15, -0.1) is 0 Å². The molecule has 0 fully saturated rings. The van der Waals surface area contributed by atoms with Crippen molar-refractivity contribution in [2.24, 2.45) is 0 Å². The summed E-state index contributed by atoms with van der Waals surface area (Å²) in [7, 11) is -1.76. The van der Waals surface area contributed by atoms with Crippen molar-refractivity contribution in [3.05, 3.63) is 41.7 Å². The Morgan fingerprint density at radius 3 is 2.70 bits per heavy atom. The summed E-state index contributed by atoms with van der Waals surface area (Å²) >= 11 is 0. The van der Waals surface area contributed by atoms with Gasteiger partial charge in [-0.2, -0.15) is 5.10 Å². The zero-order valence-electron chi connectivity index (χ0n) is 11.6. The maximum Gasteiger partial charge on any atom is 0.265 e. The molecule has 1 aromatic carbocycles. The van der Waals surface area contributed by atoms with E-state index in [1.54, 1.807) is 13.0 Å². The van der Waals surface area contributed by atoms with Crippen LogP contribution in [-0.4, -0.2) is 25.7 Å². The minimum atomic E-state index is -3.61. The molecule has 2 aromatic rings. The van der Waals surface area contributed by atoms with Crippen molar-refractivity contribution in [2.75, 3.05) is 11.8 Å². The average molecular weight is 294 g/mol. The average Bonchev–Trinajstić information content (AvgIpc) is 2.85. The summed E-state index contributed by atoms with van der Waals surface area (Å²) < 4.78 is 27.1. The molecule has 2 rings (SSSR count). The van der Waals surface area contributed by atoms with Gasteiger partial charge >= 0.3 is 0 Å². The lowest BCUT2D eigenvalue weighted by Gasteiger charge is -2.13. The number of aryl methyl sites for hydroxylation is 1. The zero-order chi connectivity index (χ0) is 14.8. The Labute approximate surface area is 118 Å². The number of sulfonamides is 1. The number of hydrogen-bond acceptors (Lipinski definition) is 4. The molecule has 0 saturated carbocycles. The Bertz CT molecular complexity index is 694. The van der Waals surface area contributed by atoms with Crippen LogP contribution >= 0.6 is 0 Å². The third kappa shape index (κ3) is 3.00. The summed E-state index contributed by atoms with van der Waals surface area (Å²) in [5.41, 5.74) is 2.05. The highest BCUT2D eigenvalue weighted by Crippen LogP contribution is 2.21. The second kappa shape index (κ2) is 5.64. The van der Waals surface area contributed by atoms with Crippen LogP contribution < -0.4 is 10.0 Å². The summed E-state index contributed by atoms with van der Waals surface area (Å²) in [5, 5.41) is 9.47. The number of rotatable bonds is 5. The van der Waals surface area contributed by atoms with Crippen LogP contribution in [0.4, 0.5) is 5.69 Å². The van der Waals surface area contributed by atoms with Crippen molar-refractivity contribution in [1.29, 1.82) is 0 Å². The normalized spacial score (nSPS) is 13.2. The predicted octanol–water partition coefficient (Wildman–Crippen LogP) is 1.80. The van der Waals surface area contributed by atoms with Crippen LogP contribution in [0.15, 0.2) is 35.4 Å². The van der Waals surface area contributed by atoms with E-state index in [2.05, 4.69) is 20.2 Å². The first-order chi connectivity index (χ1) is 9.44. The van der Waals surface area contributed by atoms with E-state index in [1.165, 1.54) is 6.20 Å². The topological polar surface area (TPSA) is 86.9 Å². The minimum absolute atomic E-state index is 0.148. The Morgan fingerprint density at radius 2 is 2.10 bits per heavy atom. The van der Waals surface area contributed by atoms with Crippen LogP contribution in [0.2, 0.25) is 0 Å². The lowest BCUT2D eigenvalue weighted by Crippen LogP contribution is -2.15. The van der Waals surface area contributed by atoms with Crippen LogP contribution in [-0.2, 0) is 10.0 Å². The summed E-state index contributed by atoms with van der Waals surface area (Å²) in [6.07, 6.45) is 1.30. The fraction of sp³-hybridized carbons (Fsp3) is 0.308. The van der Waals surface area contributed by atoms with E-state index >= 15 is 0 Å². The first-order valence-corrected chi connectivity index (χ1v) is 7.72. The summed E-state index contributed by atoms with van der Waals surface area (Å²) in [6.45, 7) is 3.68. The summed E-state index contributed by atoms with van der Waals surface area (Å²) in [4.78, 5) is 0.157. The summed E-state index contributed by atoms with van der Waals surface area (Å²) in [6, 6.07) is 7.45. The van der Waals surface area contributed by atoms with Crippen molar-refractivity contribution in [3.63, 3.8) is 0 Å². The maximum atomic E-state index is 12.2. The second-order valence-corrected chi connectivity index (χ2v) is 6.25. The Morgan fingerprint density at radius 1 is 1.35 bits per heavy atom. The van der Waals surface area contributed by atoms with Crippen molar-refractivity contribution < 1.29 is 8.42 Å². The molecule has 6 nitrogen and oxygen atoms in total.